The maximum absolute atomic E-state index is 9.18. The number of nitrogens with two attached hydrogens (primary N) is 1. The molecule has 0 fully saturated rings. The van der Waals surface area contributed by atoms with Gasteiger partial charge in [0.1, 0.15) is 10.7 Å². The minimum atomic E-state index is 0.0573. The monoisotopic (exact) mass is 187 g/mol. The highest BCUT2D eigenvalue weighted by Gasteiger charge is 2.03. The first-order valence-electron chi connectivity index (χ1n) is 2.89. The van der Waals surface area contributed by atoms with Crippen LogP contribution in [0, 0.1) is 0 Å². The number of aromatic hydroxyl groups is 1. The van der Waals surface area contributed by atoms with Crippen molar-refractivity contribution in [1.29, 1.82) is 0 Å². The smallest absolute Gasteiger partial charge is 0.125 e. The largest absolute Gasteiger partial charge is 0.507 e. The number of phenolic OH excluding ortho intramolecular Hbond substituents is 1. The van der Waals surface area contributed by atoms with Gasteiger partial charge in [0.15, 0.2) is 0 Å². The molecule has 0 atom stereocenters. The van der Waals surface area contributed by atoms with Crippen LogP contribution in [0.5, 0.6) is 5.75 Å². The van der Waals surface area contributed by atoms with E-state index in [1.807, 2.05) is 0 Å². The molecule has 1 aromatic carbocycles. The van der Waals surface area contributed by atoms with Crippen LogP contribution in [-0.2, 0) is 0 Å². The molecule has 58 valence electrons. The molecule has 0 aromatic heterocycles. The Morgan fingerprint density at radius 3 is 2.64 bits per heavy atom. The highest BCUT2D eigenvalue weighted by atomic mass is 35.5. The van der Waals surface area contributed by atoms with Crippen LogP contribution in [0.3, 0.4) is 0 Å². The van der Waals surface area contributed by atoms with Crippen molar-refractivity contribution in [1.82, 2.24) is 0 Å². The molecular formula is C7H6ClNOS. The zero-order chi connectivity index (χ0) is 8.43. The van der Waals surface area contributed by atoms with Crippen LogP contribution in [0.1, 0.15) is 5.56 Å². The van der Waals surface area contributed by atoms with Gasteiger partial charge in [0.25, 0.3) is 0 Å². The van der Waals surface area contributed by atoms with E-state index >= 15 is 0 Å². The van der Waals surface area contributed by atoms with Crippen molar-refractivity contribution in [3.8, 4) is 5.75 Å². The van der Waals surface area contributed by atoms with Gasteiger partial charge in [-0.1, -0.05) is 23.8 Å². The zero-order valence-corrected chi connectivity index (χ0v) is 7.12. The van der Waals surface area contributed by atoms with Gasteiger partial charge >= 0.3 is 0 Å². The van der Waals surface area contributed by atoms with Gasteiger partial charge in [0.2, 0.25) is 0 Å². The van der Waals surface area contributed by atoms with Gasteiger partial charge in [-0.05, 0) is 18.2 Å². The van der Waals surface area contributed by atoms with E-state index in [-0.39, 0.29) is 10.7 Å². The summed E-state index contributed by atoms with van der Waals surface area (Å²) in [7, 11) is 0. The first kappa shape index (κ1) is 8.30. The third-order valence-electron chi connectivity index (χ3n) is 1.22. The Balaban J connectivity index is 3.23. The van der Waals surface area contributed by atoms with E-state index in [4.69, 9.17) is 17.3 Å². The SMILES string of the molecule is NC(=S)c1cc(Cl)ccc1O. The summed E-state index contributed by atoms with van der Waals surface area (Å²) in [6.45, 7) is 0. The van der Waals surface area contributed by atoms with Crippen molar-refractivity contribution in [3.05, 3.63) is 28.8 Å². The molecule has 0 amide bonds. The molecule has 0 spiro atoms. The molecule has 11 heavy (non-hydrogen) atoms. The molecule has 2 nitrogen and oxygen atoms in total. The van der Waals surface area contributed by atoms with E-state index in [0.29, 0.717) is 10.6 Å². The molecular weight excluding hydrogens is 182 g/mol. The maximum Gasteiger partial charge on any atom is 0.125 e. The molecule has 3 N–H and O–H groups in total. The van der Waals surface area contributed by atoms with Crippen molar-refractivity contribution in [2.75, 3.05) is 0 Å². The third kappa shape index (κ3) is 1.82. The summed E-state index contributed by atoms with van der Waals surface area (Å²) in [5.41, 5.74) is 5.71. The molecule has 0 unspecified atom stereocenters. The summed E-state index contributed by atoms with van der Waals surface area (Å²) in [5, 5.41) is 9.68. The van der Waals surface area contributed by atoms with Gasteiger partial charge in [0.05, 0.1) is 5.56 Å². The predicted octanol–water partition coefficient (Wildman–Crippen LogP) is 1.68. The summed E-state index contributed by atoms with van der Waals surface area (Å²) in [4.78, 5) is 0.144. The normalized spacial score (nSPS) is 9.55. The summed E-state index contributed by atoms with van der Waals surface area (Å²) >= 11 is 10.3. The molecule has 0 saturated heterocycles. The Kier molecular flexibility index (Phi) is 2.31. The second-order valence-corrected chi connectivity index (χ2v) is 2.90. The second kappa shape index (κ2) is 3.07. The Bertz CT molecular complexity index is 300. The average molecular weight is 188 g/mol. The molecule has 4 heteroatoms. The van der Waals surface area contributed by atoms with Gasteiger partial charge in [-0.2, -0.15) is 0 Å². The Morgan fingerprint density at radius 1 is 1.55 bits per heavy atom. The molecule has 1 rings (SSSR count). The van der Waals surface area contributed by atoms with Crippen LogP contribution in [0.25, 0.3) is 0 Å². The van der Waals surface area contributed by atoms with Gasteiger partial charge in [-0.25, -0.2) is 0 Å². The number of benzene rings is 1. The van der Waals surface area contributed by atoms with Crippen LogP contribution in [0.2, 0.25) is 5.02 Å². The molecule has 0 aliphatic heterocycles. The fourth-order valence-corrected chi connectivity index (χ4v) is 1.04. The predicted molar refractivity (Wildman–Crippen MR) is 49.0 cm³/mol. The topological polar surface area (TPSA) is 46.2 Å². The van der Waals surface area contributed by atoms with E-state index in [2.05, 4.69) is 12.2 Å². The average Bonchev–Trinajstić information content (AvgIpc) is 1.94. The standard InChI is InChI=1S/C7H6ClNOS/c8-4-1-2-6(10)5(3-4)7(9)11/h1-3,10H,(H2,9,11). The van der Waals surface area contributed by atoms with Crippen molar-refractivity contribution < 1.29 is 5.11 Å². The van der Waals surface area contributed by atoms with Crippen LogP contribution < -0.4 is 5.73 Å². The summed E-state index contributed by atoms with van der Waals surface area (Å²) in [6.07, 6.45) is 0. The molecule has 0 radical (unpaired) electrons. The maximum atomic E-state index is 9.18. The second-order valence-electron chi connectivity index (χ2n) is 2.03. The lowest BCUT2D eigenvalue weighted by Gasteiger charge is -2.01. The van der Waals surface area contributed by atoms with E-state index in [0.717, 1.165) is 0 Å². The van der Waals surface area contributed by atoms with E-state index in [9.17, 15) is 5.11 Å². The fourth-order valence-electron chi connectivity index (χ4n) is 0.706. The Morgan fingerprint density at radius 2 is 2.18 bits per heavy atom. The van der Waals surface area contributed by atoms with Gasteiger partial charge in [-0.15, -0.1) is 0 Å². The summed E-state index contributed by atoms with van der Waals surface area (Å²) < 4.78 is 0. The number of hydrogen-bond donors (Lipinski definition) is 2. The number of phenols is 1. The lowest BCUT2D eigenvalue weighted by Crippen LogP contribution is -2.09. The molecule has 0 aliphatic rings. The number of hydrogen-bond acceptors (Lipinski definition) is 2. The van der Waals surface area contributed by atoms with Crippen LogP contribution in [0.15, 0.2) is 18.2 Å². The summed E-state index contributed by atoms with van der Waals surface area (Å²) in [5.74, 6) is 0.0573. The van der Waals surface area contributed by atoms with Gasteiger partial charge in [-0.3, -0.25) is 0 Å². The minimum absolute atomic E-state index is 0.0573. The van der Waals surface area contributed by atoms with E-state index in [1.54, 1.807) is 6.07 Å². The lowest BCUT2D eigenvalue weighted by molar-refractivity contribution is 0.474. The number of thiocarbonyl (C=S) groups is 1. The number of rotatable bonds is 1. The van der Waals surface area contributed by atoms with Crippen LogP contribution in [-0.4, -0.2) is 10.1 Å². The van der Waals surface area contributed by atoms with Crippen LogP contribution in [0.4, 0.5) is 0 Å². The zero-order valence-electron chi connectivity index (χ0n) is 5.54. The molecule has 0 heterocycles. The first-order valence-corrected chi connectivity index (χ1v) is 3.68. The lowest BCUT2D eigenvalue weighted by atomic mass is 10.2. The highest BCUT2D eigenvalue weighted by molar-refractivity contribution is 7.80. The van der Waals surface area contributed by atoms with Gasteiger partial charge < -0.3 is 10.8 Å². The quantitative estimate of drug-likeness (QED) is 0.658. The molecule has 0 bridgehead atoms. The minimum Gasteiger partial charge on any atom is -0.507 e. The molecule has 0 saturated carbocycles. The third-order valence-corrected chi connectivity index (χ3v) is 1.68. The van der Waals surface area contributed by atoms with E-state index < -0.39 is 0 Å². The fraction of sp³-hybridized carbons (Fsp3) is 0. The first-order chi connectivity index (χ1) is 5.11. The van der Waals surface area contributed by atoms with Crippen molar-refractivity contribution in [2.45, 2.75) is 0 Å². The van der Waals surface area contributed by atoms with Crippen molar-refractivity contribution >= 4 is 28.8 Å². The molecule has 0 aliphatic carbocycles. The van der Waals surface area contributed by atoms with E-state index in [1.165, 1.54) is 12.1 Å². The van der Waals surface area contributed by atoms with Crippen LogP contribution >= 0.6 is 23.8 Å². The Hall–Kier alpha value is -0.800. The summed E-state index contributed by atoms with van der Waals surface area (Å²) in [6, 6.07) is 4.55. The van der Waals surface area contributed by atoms with Crippen molar-refractivity contribution in [3.63, 3.8) is 0 Å². The highest BCUT2D eigenvalue weighted by Crippen LogP contribution is 2.20. The Labute approximate surface area is 74.6 Å². The van der Waals surface area contributed by atoms with Crippen molar-refractivity contribution in [2.24, 2.45) is 5.73 Å². The number of halogens is 1. The molecule has 1 aromatic rings. The van der Waals surface area contributed by atoms with Gasteiger partial charge in [0, 0.05) is 5.02 Å².